The van der Waals surface area contributed by atoms with E-state index in [2.05, 4.69) is 9.97 Å². The van der Waals surface area contributed by atoms with Gasteiger partial charge in [0.1, 0.15) is 46.1 Å². The van der Waals surface area contributed by atoms with E-state index in [0.717, 1.165) is 0 Å². The number of aliphatic hydroxyl groups is 1. The number of aromatic amines is 2. The Balaban J connectivity index is 1.66. The lowest BCUT2D eigenvalue weighted by Gasteiger charge is -2.06. The van der Waals surface area contributed by atoms with Crippen LogP contribution < -0.4 is 26.6 Å². The molecule has 3 N–H and O–H groups in total. The van der Waals surface area contributed by atoms with Gasteiger partial charge in [-0.15, -0.1) is 0 Å². The van der Waals surface area contributed by atoms with E-state index >= 15 is 0 Å². The van der Waals surface area contributed by atoms with Gasteiger partial charge in [0.2, 0.25) is 0 Å². The minimum atomic E-state index is -0.508. The summed E-state index contributed by atoms with van der Waals surface area (Å²) < 4.78 is 24.0. The number of hydrogen-bond donors (Lipinski definition) is 3. The van der Waals surface area contributed by atoms with Gasteiger partial charge in [0.05, 0.1) is 0 Å². The number of aliphatic hydroxyl groups excluding tert-OH is 1. The largest absolute Gasteiger partial charge is 0.459 e. The van der Waals surface area contributed by atoms with Crippen LogP contribution in [0.1, 0.15) is 17.1 Å². The fourth-order valence-corrected chi connectivity index (χ4v) is 2.87. The Morgan fingerprint density at radius 1 is 0.903 bits per heavy atom. The van der Waals surface area contributed by atoms with Crippen molar-refractivity contribution < 1.29 is 18.7 Å². The number of H-pyrrole nitrogens is 2. The van der Waals surface area contributed by atoms with Crippen LogP contribution in [0, 0.1) is 5.82 Å². The molecule has 0 spiro atoms. The number of nitrogens with one attached hydrogen (secondary N) is 2. The molecular formula is C23H17FN2O5. The van der Waals surface area contributed by atoms with Gasteiger partial charge < -0.3 is 24.2 Å². The lowest BCUT2D eigenvalue weighted by atomic mass is 10.2. The average Bonchev–Trinajstić information content (AvgIpc) is 3.21. The van der Waals surface area contributed by atoms with Crippen molar-refractivity contribution in [2.45, 2.75) is 6.61 Å². The van der Waals surface area contributed by atoms with Crippen LogP contribution in [0.3, 0.4) is 0 Å². The van der Waals surface area contributed by atoms with E-state index in [1.807, 2.05) is 0 Å². The maximum Gasteiger partial charge on any atom is 0.272 e. The standard InChI is InChI=1S/C23H17FN2O5/c24-15-4-6-16(7-5-15)30-17-3-1-2-14(10-17)11-20-22(28)26-21(23(29)25-20)12-18-8-9-19(13-27)31-18/h1-12,27H,13H2,(H,25,29)(H,26,28)/b20-11-,21-12-. The summed E-state index contributed by atoms with van der Waals surface area (Å²) in [7, 11) is 0. The number of hydrogen-bond acceptors (Lipinski definition) is 5. The minimum Gasteiger partial charge on any atom is -0.459 e. The molecule has 0 aliphatic heterocycles. The first kappa shape index (κ1) is 20.1. The van der Waals surface area contributed by atoms with Crippen molar-refractivity contribution in [3.8, 4) is 11.5 Å². The van der Waals surface area contributed by atoms with E-state index in [9.17, 15) is 14.0 Å². The molecule has 0 amide bonds. The smallest absolute Gasteiger partial charge is 0.272 e. The molecule has 0 radical (unpaired) electrons. The molecule has 0 aliphatic rings. The molecule has 0 fully saturated rings. The third-order valence-electron chi connectivity index (χ3n) is 4.33. The fourth-order valence-electron chi connectivity index (χ4n) is 2.87. The number of benzene rings is 2. The third-order valence-corrected chi connectivity index (χ3v) is 4.33. The summed E-state index contributed by atoms with van der Waals surface area (Å²) in [5, 5.41) is 9.13. The Hall–Kier alpha value is -4.17. The molecule has 4 rings (SSSR count). The summed E-state index contributed by atoms with van der Waals surface area (Å²) in [4.78, 5) is 29.9. The SMILES string of the molecule is O=c1[nH]/c(=C\c2ccc(CO)o2)c(=O)[nH]/c1=C\c1cccc(Oc2ccc(F)cc2)c1. The zero-order valence-corrected chi connectivity index (χ0v) is 16.1. The predicted octanol–water partition coefficient (Wildman–Crippen LogP) is 1.74. The number of ether oxygens (including phenoxy) is 1. The molecule has 31 heavy (non-hydrogen) atoms. The normalized spacial score (nSPS) is 12.3. The first-order valence-corrected chi connectivity index (χ1v) is 9.29. The highest BCUT2D eigenvalue weighted by Gasteiger charge is 2.02. The highest BCUT2D eigenvalue weighted by atomic mass is 19.1. The van der Waals surface area contributed by atoms with Crippen LogP contribution in [0.15, 0.2) is 74.7 Å². The van der Waals surface area contributed by atoms with Gasteiger partial charge in [-0.2, -0.15) is 0 Å². The van der Waals surface area contributed by atoms with Crippen LogP contribution in [0.25, 0.3) is 12.2 Å². The van der Waals surface area contributed by atoms with E-state index in [1.165, 1.54) is 36.4 Å². The van der Waals surface area contributed by atoms with Crippen molar-refractivity contribution in [2.75, 3.05) is 0 Å². The molecule has 2 aromatic heterocycles. The van der Waals surface area contributed by atoms with Crippen LogP contribution >= 0.6 is 0 Å². The number of rotatable bonds is 5. The van der Waals surface area contributed by atoms with Gasteiger partial charge in [0.15, 0.2) is 0 Å². The van der Waals surface area contributed by atoms with Gasteiger partial charge in [0.25, 0.3) is 11.1 Å². The summed E-state index contributed by atoms with van der Waals surface area (Å²) in [6.07, 6.45) is 2.89. The number of aromatic nitrogens is 2. The summed E-state index contributed by atoms with van der Waals surface area (Å²) in [6, 6.07) is 15.6. The highest BCUT2D eigenvalue weighted by molar-refractivity contribution is 5.51. The molecule has 0 saturated carbocycles. The topological polar surface area (TPSA) is 108 Å². The molecule has 7 nitrogen and oxygen atoms in total. The Morgan fingerprint density at radius 3 is 2.29 bits per heavy atom. The van der Waals surface area contributed by atoms with Crippen molar-refractivity contribution >= 4 is 12.2 Å². The summed E-state index contributed by atoms with van der Waals surface area (Å²) in [5.41, 5.74) is -0.382. The van der Waals surface area contributed by atoms with Crippen molar-refractivity contribution in [3.63, 3.8) is 0 Å². The van der Waals surface area contributed by atoms with E-state index < -0.39 is 11.1 Å². The van der Waals surface area contributed by atoms with Gasteiger partial charge in [-0.1, -0.05) is 12.1 Å². The molecule has 156 valence electrons. The maximum atomic E-state index is 13.0. The zero-order valence-electron chi connectivity index (χ0n) is 16.1. The lowest BCUT2D eigenvalue weighted by Crippen LogP contribution is -2.46. The summed E-state index contributed by atoms with van der Waals surface area (Å²) in [5.74, 6) is 1.26. The van der Waals surface area contributed by atoms with E-state index in [1.54, 1.807) is 36.4 Å². The number of furan rings is 1. The molecule has 8 heteroatoms. The van der Waals surface area contributed by atoms with Crippen molar-refractivity contribution in [1.29, 1.82) is 0 Å². The van der Waals surface area contributed by atoms with Crippen LogP contribution in [0.5, 0.6) is 11.5 Å². The monoisotopic (exact) mass is 420 g/mol. The second-order valence-corrected chi connectivity index (χ2v) is 6.61. The summed E-state index contributed by atoms with van der Waals surface area (Å²) >= 11 is 0. The van der Waals surface area contributed by atoms with E-state index in [-0.39, 0.29) is 23.1 Å². The molecule has 0 atom stereocenters. The molecule has 0 bridgehead atoms. The molecule has 4 aromatic rings. The van der Waals surface area contributed by atoms with Crippen LogP contribution in [-0.4, -0.2) is 15.1 Å². The summed E-state index contributed by atoms with van der Waals surface area (Å²) in [6.45, 7) is -0.265. The molecule has 0 saturated heterocycles. The van der Waals surface area contributed by atoms with Gasteiger partial charge in [-0.25, -0.2) is 4.39 Å². The Morgan fingerprint density at radius 2 is 1.61 bits per heavy atom. The van der Waals surface area contributed by atoms with Crippen LogP contribution in [0.4, 0.5) is 4.39 Å². The lowest BCUT2D eigenvalue weighted by molar-refractivity contribution is 0.246. The van der Waals surface area contributed by atoms with Crippen molar-refractivity contribution in [3.05, 3.63) is 115 Å². The van der Waals surface area contributed by atoms with E-state index in [0.29, 0.717) is 28.6 Å². The van der Waals surface area contributed by atoms with Gasteiger partial charge in [0, 0.05) is 6.08 Å². The predicted molar refractivity (Wildman–Crippen MR) is 112 cm³/mol. The second kappa shape index (κ2) is 8.68. The minimum absolute atomic E-state index is 0.0226. The highest BCUT2D eigenvalue weighted by Crippen LogP contribution is 2.22. The second-order valence-electron chi connectivity index (χ2n) is 6.61. The van der Waals surface area contributed by atoms with Crippen molar-refractivity contribution in [2.24, 2.45) is 0 Å². The fraction of sp³-hybridized carbons (Fsp3) is 0.0435. The first-order valence-electron chi connectivity index (χ1n) is 9.29. The third kappa shape index (κ3) is 4.88. The van der Waals surface area contributed by atoms with Gasteiger partial charge in [-0.3, -0.25) is 9.59 Å². The molecule has 0 unspecified atom stereocenters. The van der Waals surface area contributed by atoms with Crippen molar-refractivity contribution in [1.82, 2.24) is 9.97 Å². The Kier molecular flexibility index (Phi) is 5.63. The Bertz CT molecular complexity index is 1450. The first-order chi connectivity index (χ1) is 15.0. The maximum absolute atomic E-state index is 13.0. The van der Waals surface area contributed by atoms with Crippen LogP contribution in [-0.2, 0) is 6.61 Å². The zero-order chi connectivity index (χ0) is 21.8. The molecular weight excluding hydrogens is 403 g/mol. The molecule has 2 aromatic carbocycles. The van der Waals surface area contributed by atoms with Gasteiger partial charge >= 0.3 is 0 Å². The Labute approximate surface area is 174 Å². The van der Waals surface area contributed by atoms with E-state index in [4.69, 9.17) is 14.3 Å². The van der Waals surface area contributed by atoms with Crippen LogP contribution in [0.2, 0.25) is 0 Å². The molecule has 0 aliphatic carbocycles. The van der Waals surface area contributed by atoms with Gasteiger partial charge in [-0.05, 0) is 60.2 Å². The quantitative estimate of drug-likeness (QED) is 0.456. The molecule has 2 heterocycles. The number of halogens is 1. The average molecular weight is 420 g/mol.